The van der Waals surface area contributed by atoms with Crippen LogP contribution in [0.25, 0.3) is 0 Å². The van der Waals surface area contributed by atoms with Crippen molar-refractivity contribution < 1.29 is 19.1 Å². The summed E-state index contributed by atoms with van der Waals surface area (Å²) >= 11 is 0. The molecule has 0 heterocycles. The molecule has 0 spiro atoms. The summed E-state index contributed by atoms with van der Waals surface area (Å²) in [6.07, 6.45) is 17.8. The number of alkyl carbamates (subject to hydrolysis) is 2. The molecule has 2 N–H and O–H groups in total. The van der Waals surface area contributed by atoms with E-state index in [-0.39, 0.29) is 24.3 Å². The summed E-state index contributed by atoms with van der Waals surface area (Å²) in [5.74, 6) is 0.901. The van der Waals surface area contributed by atoms with Gasteiger partial charge in [-0.05, 0) is 76.0 Å². The molecule has 6 nitrogen and oxygen atoms in total. The fourth-order valence-electron chi connectivity index (χ4n) is 4.20. The van der Waals surface area contributed by atoms with Crippen molar-refractivity contribution in [1.29, 1.82) is 0 Å². The minimum absolute atomic E-state index is 0.127. The number of hydrogen-bond acceptors (Lipinski definition) is 4. The molecule has 156 valence electrons. The van der Waals surface area contributed by atoms with Crippen molar-refractivity contribution in [1.82, 2.24) is 10.6 Å². The van der Waals surface area contributed by atoms with Gasteiger partial charge in [0.05, 0.1) is 13.2 Å². The van der Waals surface area contributed by atoms with Gasteiger partial charge in [0, 0.05) is 12.1 Å². The van der Waals surface area contributed by atoms with Crippen LogP contribution in [0, 0.1) is 11.8 Å². The van der Waals surface area contributed by atoms with Gasteiger partial charge in [0.25, 0.3) is 0 Å². The summed E-state index contributed by atoms with van der Waals surface area (Å²) in [7, 11) is 0. The maximum atomic E-state index is 12.0. The van der Waals surface area contributed by atoms with Crippen LogP contribution in [0.3, 0.4) is 0 Å². The van der Waals surface area contributed by atoms with Gasteiger partial charge in [-0.2, -0.15) is 0 Å². The number of ether oxygens (including phenoxy) is 2. The van der Waals surface area contributed by atoms with Crippen molar-refractivity contribution in [2.45, 2.75) is 76.3 Å². The highest BCUT2D eigenvalue weighted by atomic mass is 16.6. The van der Waals surface area contributed by atoms with Gasteiger partial charge in [0.2, 0.25) is 0 Å². The topological polar surface area (TPSA) is 76.7 Å². The van der Waals surface area contributed by atoms with E-state index in [0.29, 0.717) is 25.0 Å². The molecule has 0 aromatic rings. The molecule has 0 aliphatic heterocycles. The van der Waals surface area contributed by atoms with Gasteiger partial charge in [-0.1, -0.05) is 24.3 Å². The summed E-state index contributed by atoms with van der Waals surface area (Å²) in [6.45, 7) is 0.991. The first kappa shape index (κ1) is 20.7. The second-order valence-corrected chi connectivity index (χ2v) is 8.34. The molecule has 1 fully saturated rings. The predicted molar refractivity (Wildman–Crippen MR) is 108 cm³/mol. The molecule has 0 radical (unpaired) electrons. The van der Waals surface area contributed by atoms with E-state index in [1.807, 2.05) is 0 Å². The fraction of sp³-hybridized carbons (Fsp3) is 0.727. The third kappa shape index (κ3) is 7.21. The molecule has 0 aromatic carbocycles. The van der Waals surface area contributed by atoms with Gasteiger partial charge in [-0.25, -0.2) is 9.59 Å². The lowest BCUT2D eigenvalue weighted by Crippen LogP contribution is -2.44. The summed E-state index contributed by atoms with van der Waals surface area (Å²) in [5, 5.41) is 5.94. The van der Waals surface area contributed by atoms with Gasteiger partial charge >= 0.3 is 12.2 Å². The Bertz CT molecular complexity index is 517. The van der Waals surface area contributed by atoms with Gasteiger partial charge in [0.15, 0.2) is 0 Å². The minimum Gasteiger partial charge on any atom is -0.449 e. The van der Waals surface area contributed by atoms with E-state index in [9.17, 15) is 9.59 Å². The van der Waals surface area contributed by atoms with Crippen LogP contribution in [0.15, 0.2) is 24.3 Å². The Kier molecular flexibility index (Phi) is 8.24. The molecular weight excluding hydrogens is 356 g/mol. The summed E-state index contributed by atoms with van der Waals surface area (Å²) in [5.41, 5.74) is 0. The van der Waals surface area contributed by atoms with Crippen molar-refractivity contribution in [3.8, 4) is 0 Å². The van der Waals surface area contributed by atoms with E-state index in [4.69, 9.17) is 9.47 Å². The van der Waals surface area contributed by atoms with Crippen LogP contribution in [-0.4, -0.2) is 37.5 Å². The van der Waals surface area contributed by atoms with Crippen molar-refractivity contribution in [2.75, 3.05) is 13.2 Å². The highest BCUT2D eigenvalue weighted by Crippen LogP contribution is 2.21. The molecule has 3 aliphatic rings. The zero-order valence-electron chi connectivity index (χ0n) is 16.7. The number of carbonyl (C=O) groups is 2. The normalized spacial score (nSPS) is 29.7. The van der Waals surface area contributed by atoms with Crippen LogP contribution in [-0.2, 0) is 9.47 Å². The minimum atomic E-state index is -0.313. The van der Waals surface area contributed by atoms with E-state index in [1.165, 1.54) is 0 Å². The van der Waals surface area contributed by atoms with Gasteiger partial charge in [0.1, 0.15) is 0 Å². The summed E-state index contributed by atoms with van der Waals surface area (Å²) in [6, 6.07) is 0.253. The Labute approximate surface area is 168 Å². The molecular formula is C22H34N2O4. The average molecular weight is 391 g/mol. The lowest BCUT2D eigenvalue weighted by molar-refractivity contribution is 0.112. The molecule has 0 saturated heterocycles. The van der Waals surface area contributed by atoms with E-state index >= 15 is 0 Å². The van der Waals surface area contributed by atoms with E-state index in [1.54, 1.807) is 0 Å². The van der Waals surface area contributed by atoms with Crippen molar-refractivity contribution in [2.24, 2.45) is 11.8 Å². The van der Waals surface area contributed by atoms with Gasteiger partial charge in [-0.3, -0.25) is 0 Å². The van der Waals surface area contributed by atoms with Gasteiger partial charge < -0.3 is 20.1 Å². The Morgan fingerprint density at radius 1 is 0.679 bits per heavy atom. The number of carbonyl (C=O) groups excluding carboxylic acids is 2. The lowest BCUT2D eigenvalue weighted by atomic mass is 9.91. The Morgan fingerprint density at radius 3 is 1.46 bits per heavy atom. The number of rotatable bonds is 6. The highest BCUT2D eigenvalue weighted by molar-refractivity contribution is 5.68. The van der Waals surface area contributed by atoms with Crippen LogP contribution in [0.2, 0.25) is 0 Å². The predicted octanol–water partition coefficient (Wildman–Crippen LogP) is 4.46. The highest BCUT2D eigenvalue weighted by Gasteiger charge is 2.25. The van der Waals surface area contributed by atoms with Crippen molar-refractivity contribution >= 4 is 12.2 Å². The number of nitrogens with one attached hydrogen (secondary N) is 2. The number of allylic oxidation sites excluding steroid dienone is 4. The van der Waals surface area contributed by atoms with E-state index in [0.717, 1.165) is 64.2 Å². The van der Waals surface area contributed by atoms with Gasteiger partial charge in [-0.15, -0.1) is 0 Å². The lowest BCUT2D eigenvalue weighted by Gasteiger charge is -2.29. The zero-order valence-corrected chi connectivity index (χ0v) is 16.7. The quantitative estimate of drug-likeness (QED) is 0.657. The summed E-state index contributed by atoms with van der Waals surface area (Å²) < 4.78 is 10.8. The first-order valence-electron chi connectivity index (χ1n) is 10.9. The Morgan fingerprint density at radius 2 is 1.11 bits per heavy atom. The largest absolute Gasteiger partial charge is 0.449 e. The molecule has 1 saturated carbocycles. The second kappa shape index (κ2) is 11.1. The Hall–Kier alpha value is -1.98. The third-order valence-electron chi connectivity index (χ3n) is 6.03. The fourth-order valence-corrected chi connectivity index (χ4v) is 4.20. The van der Waals surface area contributed by atoms with Crippen LogP contribution in [0.1, 0.15) is 64.2 Å². The van der Waals surface area contributed by atoms with Crippen molar-refractivity contribution in [3.63, 3.8) is 0 Å². The average Bonchev–Trinajstić information content (AvgIpc) is 2.74. The molecule has 2 amide bonds. The molecule has 28 heavy (non-hydrogen) atoms. The van der Waals surface area contributed by atoms with Crippen LogP contribution >= 0.6 is 0 Å². The smallest absolute Gasteiger partial charge is 0.407 e. The molecule has 3 rings (SSSR count). The van der Waals surface area contributed by atoms with Crippen LogP contribution in [0.5, 0.6) is 0 Å². The first-order chi connectivity index (χ1) is 13.7. The standard InChI is InChI=1S/C22H34N2O4/c25-21(27-15-17-7-3-1-4-8-17)23-19-11-13-20(14-12-19)24-22(26)28-16-18-9-5-2-6-10-18/h1-3,5,17-20H,4,6-16H2,(H,23,25)(H,24,26)/t17-,18-,19?,20?/m0/s1. The molecule has 2 atom stereocenters. The molecule has 6 heteroatoms. The molecule has 3 aliphatic carbocycles. The SMILES string of the molecule is O=C(NC1CCC(NC(=O)OC[C@H]2CC=CCC2)CC1)OC[C@H]1CC=CCC1. The first-order valence-corrected chi connectivity index (χ1v) is 10.9. The third-order valence-corrected chi connectivity index (χ3v) is 6.03. The number of hydrogen-bond donors (Lipinski definition) is 2. The maximum Gasteiger partial charge on any atom is 0.407 e. The van der Waals surface area contributed by atoms with E-state index < -0.39 is 0 Å². The van der Waals surface area contributed by atoms with Crippen LogP contribution in [0.4, 0.5) is 9.59 Å². The molecule has 0 bridgehead atoms. The maximum absolute atomic E-state index is 12.0. The van der Waals surface area contributed by atoms with Crippen molar-refractivity contribution in [3.05, 3.63) is 24.3 Å². The van der Waals surface area contributed by atoms with E-state index in [2.05, 4.69) is 34.9 Å². The second-order valence-electron chi connectivity index (χ2n) is 8.34. The van der Waals surface area contributed by atoms with Crippen LogP contribution < -0.4 is 10.6 Å². The molecule has 0 unspecified atom stereocenters. The summed E-state index contributed by atoms with van der Waals surface area (Å²) in [4.78, 5) is 24.0. The Balaban J connectivity index is 1.25. The zero-order chi connectivity index (χ0) is 19.6. The monoisotopic (exact) mass is 390 g/mol. The number of amides is 2. The molecule has 0 aromatic heterocycles.